The molecular weight excluding hydrogens is 278 g/mol. The average molecular weight is 303 g/mol. The monoisotopic (exact) mass is 303 g/mol. The van der Waals surface area contributed by atoms with E-state index < -0.39 is 0 Å². The first-order chi connectivity index (χ1) is 10.2. The predicted octanol–water partition coefficient (Wildman–Crippen LogP) is 4.08. The molecule has 2 rings (SSSR count). The van der Waals surface area contributed by atoms with E-state index in [2.05, 4.69) is 66.6 Å². The van der Waals surface area contributed by atoms with Crippen LogP contribution >= 0.6 is 11.8 Å². The minimum Gasteiger partial charge on any atom is -0.313 e. The molecular formula is C17H25N3S. The van der Waals surface area contributed by atoms with E-state index in [1.54, 1.807) is 11.8 Å². The second-order valence-corrected chi connectivity index (χ2v) is 6.24. The third kappa shape index (κ3) is 4.11. The number of rotatable bonds is 7. The minimum atomic E-state index is 0.307. The summed E-state index contributed by atoms with van der Waals surface area (Å²) >= 11 is 1.77. The van der Waals surface area contributed by atoms with E-state index in [-0.39, 0.29) is 0 Å². The molecule has 0 radical (unpaired) electrons. The molecule has 4 heteroatoms. The first-order valence-corrected chi connectivity index (χ1v) is 8.75. The van der Waals surface area contributed by atoms with Gasteiger partial charge in [0, 0.05) is 29.6 Å². The van der Waals surface area contributed by atoms with Crippen molar-refractivity contribution >= 4 is 11.8 Å². The van der Waals surface area contributed by atoms with Gasteiger partial charge in [-0.15, -0.1) is 11.8 Å². The van der Waals surface area contributed by atoms with Crippen molar-refractivity contribution in [2.24, 2.45) is 0 Å². The van der Waals surface area contributed by atoms with Crippen molar-refractivity contribution in [3.05, 3.63) is 47.8 Å². The zero-order chi connectivity index (χ0) is 15.2. The summed E-state index contributed by atoms with van der Waals surface area (Å²) < 4.78 is 2.07. The van der Waals surface area contributed by atoms with Crippen LogP contribution < -0.4 is 5.32 Å². The van der Waals surface area contributed by atoms with Gasteiger partial charge in [0.1, 0.15) is 0 Å². The van der Waals surface area contributed by atoms with Crippen LogP contribution in [-0.2, 0) is 6.42 Å². The van der Waals surface area contributed by atoms with Gasteiger partial charge in [0.25, 0.3) is 0 Å². The lowest BCUT2D eigenvalue weighted by Crippen LogP contribution is -2.19. The standard InChI is InChI=1S/C17H25N3S/c1-5-13(2)20-11-10-15(19-20)12-17(18-3)14-6-8-16(21-4)9-7-14/h6-11,13,17-18H,5,12H2,1-4H3. The number of aromatic nitrogens is 2. The summed E-state index contributed by atoms with van der Waals surface area (Å²) in [5, 5.41) is 8.10. The van der Waals surface area contributed by atoms with Crippen molar-refractivity contribution in [3.8, 4) is 0 Å². The maximum absolute atomic E-state index is 4.70. The Labute approximate surface area is 132 Å². The van der Waals surface area contributed by atoms with Gasteiger partial charge in [-0.25, -0.2) is 0 Å². The number of hydrogen-bond donors (Lipinski definition) is 1. The van der Waals surface area contributed by atoms with Gasteiger partial charge in [0.05, 0.1) is 5.69 Å². The van der Waals surface area contributed by atoms with Gasteiger partial charge >= 0.3 is 0 Å². The van der Waals surface area contributed by atoms with E-state index in [1.165, 1.54) is 10.5 Å². The molecule has 2 aromatic rings. The largest absolute Gasteiger partial charge is 0.313 e. The van der Waals surface area contributed by atoms with Crippen LogP contribution in [0, 0.1) is 0 Å². The molecule has 1 aromatic heterocycles. The number of nitrogens with one attached hydrogen (secondary N) is 1. The normalized spacial score (nSPS) is 14.1. The topological polar surface area (TPSA) is 29.9 Å². The third-order valence-corrected chi connectivity index (χ3v) is 4.73. The van der Waals surface area contributed by atoms with Gasteiger partial charge in [-0.05, 0) is 50.4 Å². The van der Waals surface area contributed by atoms with Gasteiger partial charge in [0.15, 0.2) is 0 Å². The molecule has 114 valence electrons. The zero-order valence-corrected chi connectivity index (χ0v) is 14.2. The molecule has 3 nitrogen and oxygen atoms in total. The van der Waals surface area contributed by atoms with Gasteiger partial charge in [-0.3, -0.25) is 4.68 Å². The van der Waals surface area contributed by atoms with Gasteiger partial charge in [-0.2, -0.15) is 5.10 Å². The lowest BCUT2D eigenvalue weighted by atomic mass is 10.0. The Bertz CT molecular complexity index is 547. The number of likely N-dealkylation sites (N-methyl/N-ethyl adjacent to an activating group) is 1. The van der Waals surface area contributed by atoms with E-state index in [1.807, 2.05) is 7.05 Å². The summed E-state index contributed by atoms with van der Waals surface area (Å²) in [7, 11) is 2.01. The van der Waals surface area contributed by atoms with Crippen LogP contribution in [0.15, 0.2) is 41.4 Å². The van der Waals surface area contributed by atoms with E-state index in [9.17, 15) is 0 Å². The van der Waals surface area contributed by atoms with E-state index in [0.717, 1.165) is 18.5 Å². The number of hydrogen-bond acceptors (Lipinski definition) is 3. The minimum absolute atomic E-state index is 0.307. The van der Waals surface area contributed by atoms with Crippen molar-refractivity contribution in [1.29, 1.82) is 0 Å². The number of thioether (sulfide) groups is 1. The van der Waals surface area contributed by atoms with Crippen LogP contribution in [0.25, 0.3) is 0 Å². The fourth-order valence-corrected chi connectivity index (χ4v) is 2.76. The van der Waals surface area contributed by atoms with Gasteiger partial charge in [0.2, 0.25) is 0 Å². The summed E-state index contributed by atoms with van der Waals surface area (Å²) in [6.45, 7) is 4.39. The molecule has 1 aromatic carbocycles. The molecule has 0 fully saturated rings. The maximum Gasteiger partial charge on any atom is 0.0643 e. The number of nitrogens with zero attached hydrogens (tertiary/aromatic N) is 2. The zero-order valence-electron chi connectivity index (χ0n) is 13.3. The van der Waals surface area contributed by atoms with E-state index in [4.69, 9.17) is 5.10 Å². The molecule has 0 saturated carbocycles. The molecule has 0 aliphatic carbocycles. The van der Waals surface area contributed by atoms with Crippen LogP contribution in [-0.4, -0.2) is 23.1 Å². The smallest absolute Gasteiger partial charge is 0.0643 e. The highest BCUT2D eigenvalue weighted by Crippen LogP contribution is 2.22. The molecule has 2 atom stereocenters. The van der Waals surface area contributed by atoms with Crippen LogP contribution in [0.5, 0.6) is 0 Å². The highest BCUT2D eigenvalue weighted by molar-refractivity contribution is 7.98. The van der Waals surface area contributed by atoms with Crippen LogP contribution in [0.4, 0.5) is 0 Å². The second-order valence-electron chi connectivity index (χ2n) is 5.36. The fourth-order valence-electron chi connectivity index (χ4n) is 2.35. The molecule has 0 amide bonds. The highest BCUT2D eigenvalue weighted by atomic mass is 32.2. The van der Waals surface area contributed by atoms with Crippen molar-refractivity contribution in [3.63, 3.8) is 0 Å². The van der Waals surface area contributed by atoms with Crippen molar-refractivity contribution in [2.45, 2.75) is 43.7 Å². The molecule has 0 saturated heterocycles. The highest BCUT2D eigenvalue weighted by Gasteiger charge is 2.13. The summed E-state index contributed by atoms with van der Waals surface area (Å²) in [6, 6.07) is 11.7. The van der Waals surface area contributed by atoms with Crippen LogP contribution in [0.2, 0.25) is 0 Å². The Hall–Kier alpha value is -1.26. The molecule has 0 aliphatic rings. The summed E-state index contributed by atoms with van der Waals surface area (Å²) in [5.74, 6) is 0. The predicted molar refractivity (Wildman–Crippen MR) is 91.0 cm³/mol. The molecule has 2 unspecified atom stereocenters. The Morgan fingerprint density at radius 3 is 2.52 bits per heavy atom. The van der Waals surface area contributed by atoms with E-state index >= 15 is 0 Å². The quantitative estimate of drug-likeness (QED) is 0.782. The Morgan fingerprint density at radius 2 is 1.95 bits per heavy atom. The van der Waals surface area contributed by atoms with Gasteiger partial charge < -0.3 is 5.32 Å². The van der Waals surface area contributed by atoms with Crippen molar-refractivity contribution < 1.29 is 0 Å². The summed E-state index contributed by atoms with van der Waals surface area (Å²) in [5.41, 5.74) is 2.46. The second kappa shape index (κ2) is 7.66. The SMILES string of the molecule is CCC(C)n1ccc(CC(NC)c2ccc(SC)cc2)n1. The van der Waals surface area contributed by atoms with E-state index in [0.29, 0.717) is 12.1 Å². The maximum atomic E-state index is 4.70. The first-order valence-electron chi connectivity index (χ1n) is 7.53. The molecule has 1 heterocycles. The lowest BCUT2D eigenvalue weighted by Gasteiger charge is -2.16. The average Bonchev–Trinajstić information content (AvgIpc) is 3.00. The van der Waals surface area contributed by atoms with Crippen LogP contribution in [0.3, 0.4) is 0 Å². The molecule has 0 spiro atoms. The van der Waals surface area contributed by atoms with Gasteiger partial charge in [-0.1, -0.05) is 19.1 Å². The summed E-state index contributed by atoms with van der Waals surface area (Å²) in [4.78, 5) is 1.30. The van der Waals surface area contributed by atoms with Crippen molar-refractivity contribution in [2.75, 3.05) is 13.3 Å². The Morgan fingerprint density at radius 1 is 1.24 bits per heavy atom. The Balaban J connectivity index is 2.09. The van der Waals surface area contributed by atoms with Crippen molar-refractivity contribution in [1.82, 2.24) is 15.1 Å². The fraction of sp³-hybridized carbons (Fsp3) is 0.471. The third-order valence-electron chi connectivity index (χ3n) is 3.99. The summed E-state index contributed by atoms with van der Waals surface area (Å²) in [6.07, 6.45) is 6.21. The lowest BCUT2D eigenvalue weighted by molar-refractivity contribution is 0.469. The molecule has 21 heavy (non-hydrogen) atoms. The molecule has 0 bridgehead atoms. The molecule has 1 N–H and O–H groups in total. The Kier molecular flexibility index (Phi) is 5.88. The first kappa shape index (κ1) is 16.1. The molecule has 0 aliphatic heterocycles. The van der Waals surface area contributed by atoms with Crippen LogP contribution in [0.1, 0.15) is 43.6 Å². The number of benzene rings is 1.